The quantitative estimate of drug-likeness (QED) is 0.673. The van der Waals surface area contributed by atoms with Crippen LogP contribution in [0.15, 0.2) is 42.9 Å². The highest BCUT2D eigenvalue weighted by atomic mass is 16.3. The molecule has 3 aromatic rings. The standard InChI is InChI=1S/C18H20N4O2/c1-11(2)16(22-15(23)10-14-19-8-9-20-14)13-6-5-12-4-3-7-21-17(12)18(13)24/h3-9,11,16,24H,10H2,1-2H3,(H,19,20)(H,22,23). The number of benzene rings is 1. The van der Waals surface area contributed by atoms with E-state index in [1.807, 2.05) is 38.1 Å². The minimum Gasteiger partial charge on any atom is -0.505 e. The van der Waals surface area contributed by atoms with Gasteiger partial charge in [0, 0.05) is 29.5 Å². The van der Waals surface area contributed by atoms with Gasteiger partial charge in [-0.3, -0.25) is 9.78 Å². The van der Waals surface area contributed by atoms with Crippen molar-refractivity contribution in [3.63, 3.8) is 0 Å². The molecule has 1 amide bonds. The fraction of sp³-hybridized carbons (Fsp3) is 0.278. The second-order valence-electron chi connectivity index (χ2n) is 6.08. The Hall–Kier alpha value is -2.89. The Balaban J connectivity index is 1.88. The van der Waals surface area contributed by atoms with Gasteiger partial charge < -0.3 is 15.4 Å². The van der Waals surface area contributed by atoms with Crippen LogP contribution in [0.2, 0.25) is 0 Å². The van der Waals surface area contributed by atoms with Gasteiger partial charge >= 0.3 is 0 Å². The van der Waals surface area contributed by atoms with E-state index >= 15 is 0 Å². The van der Waals surface area contributed by atoms with Gasteiger partial charge in [-0.15, -0.1) is 0 Å². The zero-order chi connectivity index (χ0) is 17.1. The van der Waals surface area contributed by atoms with Crippen LogP contribution in [-0.4, -0.2) is 26.0 Å². The van der Waals surface area contributed by atoms with E-state index < -0.39 is 0 Å². The van der Waals surface area contributed by atoms with Crippen LogP contribution in [-0.2, 0) is 11.2 Å². The summed E-state index contributed by atoms with van der Waals surface area (Å²) in [7, 11) is 0. The van der Waals surface area contributed by atoms with Crippen molar-refractivity contribution >= 4 is 16.8 Å². The smallest absolute Gasteiger partial charge is 0.228 e. The number of phenols is 1. The van der Waals surface area contributed by atoms with Gasteiger partial charge in [0.25, 0.3) is 0 Å². The zero-order valence-electron chi connectivity index (χ0n) is 13.7. The monoisotopic (exact) mass is 324 g/mol. The van der Waals surface area contributed by atoms with E-state index in [1.54, 1.807) is 18.6 Å². The number of amides is 1. The molecule has 2 heterocycles. The molecule has 6 nitrogen and oxygen atoms in total. The molecule has 2 aromatic heterocycles. The third-order valence-corrected chi connectivity index (χ3v) is 3.98. The average molecular weight is 324 g/mol. The van der Waals surface area contributed by atoms with E-state index in [0.717, 1.165) is 5.39 Å². The molecule has 3 N–H and O–H groups in total. The average Bonchev–Trinajstić information content (AvgIpc) is 3.06. The Morgan fingerprint density at radius 2 is 2.08 bits per heavy atom. The molecule has 0 radical (unpaired) electrons. The Morgan fingerprint density at radius 1 is 1.25 bits per heavy atom. The molecular formula is C18H20N4O2. The van der Waals surface area contributed by atoms with E-state index in [-0.39, 0.29) is 30.0 Å². The highest BCUT2D eigenvalue weighted by Crippen LogP contribution is 2.34. The van der Waals surface area contributed by atoms with Crippen LogP contribution in [0.5, 0.6) is 5.75 Å². The number of H-pyrrole nitrogens is 1. The van der Waals surface area contributed by atoms with Gasteiger partial charge in [0.15, 0.2) is 0 Å². The third-order valence-electron chi connectivity index (χ3n) is 3.98. The summed E-state index contributed by atoms with van der Waals surface area (Å²) >= 11 is 0. The third kappa shape index (κ3) is 3.22. The van der Waals surface area contributed by atoms with Crippen molar-refractivity contribution in [1.29, 1.82) is 0 Å². The van der Waals surface area contributed by atoms with Crippen LogP contribution in [0.4, 0.5) is 0 Å². The lowest BCUT2D eigenvalue weighted by Crippen LogP contribution is -2.33. The lowest BCUT2D eigenvalue weighted by molar-refractivity contribution is -0.121. The highest BCUT2D eigenvalue weighted by Gasteiger charge is 2.23. The first-order valence-electron chi connectivity index (χ1n) is 7.90. The molecule has 0 aliphatic carbocycles. The fourth-order valence-electron chi connectivity index (χ4n) is 2.77. The van der Waals surface area contributed by atoms with E-state index in [2.05, 4.69) is 20.3 Å². The maximum Gasteiger partial charge on any atom is 0.228 e. The molecule has 0 saturated carbocycles. The van der Waals surface area contributed by atoms with E-state index in [0.29, 0.717) is 16.9 Å². The number of fused-ring (bicyclic) bond motifs is 1. The number of nitrogens with zero attached hydrogens (tertiary/aromatic N) is 2. The molecule has 6 heteroatoms. The predicted octanol–water partition coefficient (Wildman–Crippen LogP) is 2.72. The number of rotatable bonds is 5. The second-order valence-corrected chi connectivity index (χ2v) is 6.08. The SMILES string of the molecule is CC(C)C(NC(=O)Cc1ncc[nH]1)c1ccc2cccnc2c1O. The lowest BCUT2D eigenvalue weighted by Gasteiger charge is -2.24. The first-order valence-corrected chi connectivity index (χ1v) is 7.90. The van der Waals surface area contributed by atoms with Crippen LogP contribution in [0.3, 0.4) is 0 Å². The van der Waals surface area contributed by atoms with Crippen LogP contribution in [0, 0.1) is 5.92 Å². The summed E-state index contributed by atoms with van der Waals surface area (Å²) in [5, 5.41) is 14.5. The number of hydrogen-bond acceptors (Lipinski definition) is 4. The van der Waals surface area contributed by atoms with E-state index in [9.17, 15) is 9.90 Å². The number of aromatic hydroxyl groups is 1. The molecule has 24 heavy (non-hydrogen) atoms. The molecule has 124 valence electrons. The van der Waals surface area contributed by atoms with Gasteiger partial charge in [-0.2, -0.15) is 0 Å². The number of pyridine rings is 1. The summed E-state index contributed by atoms with van der Waals surface area (Å²) in [5.41, 5.74) is 1.21. The Bertz CT molecular complexity index is 843. The van der Waals surface area contributed by atoms with Gasteiger partial charge in [-0.1, -0.05) is 32.0 Å². The van der Waals surface area contributed by atoms with Crippen molar-refractivity contribution in [3.05, 3.63) is 54.2 Å². The minimum atomic E-state index is -0.307. The van der Waals surface area contributed by atoms with E-state index in [4.69, 9.17) is 0 Å². The van der Waals surface area contributed by atoms with Crippen LogP contribution >= 0.6 is 0 Å². The first kappa shape index (κ1) is 16.0. The van der Waals surface area contributed by atoms with Crippen molar-refractivity contribution in [3.8, 4) is 5.75 Å². The zero-order valence-corrected chi connectivity index (χ0v) is 13.7. The summed E-state index contributed by atoms with van der Waals surface area (Å²) in [4.78, 5) is 23.5. The lowest BCUT2D eigenvalue weighted by atomic mass is 9.94. The summed E-state index contributed by atoms with van der Waals surface area (Å²) in [6.45, 7) is 4.00. The maximum absolute atomic E-state index is 12.3. The molecule has 1 unspecified atom stereocenters. The number of aromatic amines is 1. The van der Waals surface area contributed by atoms with Gasteiger partial charge in [-0.25, -0.2) is 4.98 Å². The number of aromatic nitrogens is 3. The number of imidazole rings is 1. The Kier molecular flexibility index (Phi) is 4.46. The first-order chi connectivity index (χ1) is 11.6. The molecular weight excluding hydrogens is 304 g/mol. The molecule has 0 aliphatic heterocycles. The van der Waals surface area contributed by atoms with Crippen molar-refractivity contribution in [2.45, 2.75) is 26.3 Å². The molecule has 3 rings (SSSR count). The largest absolute Gasteiger partial charge is 0.505 e. The van der Waals surface area contributed by atoms with Crippen LogP contribution < -0.4 is 5.32 Å². The Labute approximate surface area is 140 Å². The predicted molar refractivity (Wildman–Crippen MR) is 91.4 cm³/mol. The molecule has 0 bridgehead atoms. The van der Waals surface area contributed by atoms with Crippen LogP contribution in [0.25, 0.3) is 10.9 Å². The number of nitrogens with one attached hydrogen (secondary N) is 2. The number of carbonyl (C=O) groups excluding carboxylic acids is 1. The number of phenolic OH excluding ortho intramolecular Hbond substituents is 1. The normalized spacial score (nSPS) is 12.5. The summed E-state index contributed by atoms with van der Waals surface area (Å²) in [6.07, 6.45) is 5.11. The second kappa shape index (κ2) is 6.70. The topological polar surface area (TPSA) is 90.9 Å². The fourth-order valence-corrected chi connectivity index (χ4v) is 2.77. The Morgan fingerprint density at radius 3 is 2.79 bits per heavy atom. The van der Waals surface area contributed by atoms with Gasteiger partial charge in [-0.05, 0) is 12.0 Å². The van der Waals surface area contributed by atoms with Gasteiger partial charge in [0.2, 0.25) is 5.91 Å². The molecule has 0 spiro atoms. The molecule has 0 saturated heterocycles. The van der Waals surface area contributed by atoms with Crippen LogP contribution in [0.1, 0.15) is 31.3 Å². The highest BCUT2D eigenvalue weighted by molar-refractivity contribution is 5.86. The molecule has 0 fully saturated rings. The van der Waals surface area contributed by atoms with Crippen molar-refractivity contribution in [1.82, 2.24) is 20.3 Å². The number of carbonyl (C=O) groups is 1. The van der Waals surface area contributed by atoms with E-state index in [1.165, 1.54) is 0 Å². The van der Waals surface area contributed by atoms with Crippen molar-refractivity contribution < 1.29 is 9.90 Å². The number of hydrogen-bond donors (Lipinski definition) is 3. The summed E-state index contributed by atoms with van der Waals surface area (Å²) in [6, 6.07) is 7.17. The van der Waals surface area contributed by atoms with Gasteiger partial charge in [0.1, 0.15) is 17.1 Å². The van der Waals surface area contributed by atoms with Crippen molar-refractivity contribution in [2.24, 2.45) is 5.92 Å². The summed E-state index contributed by atoms with van der Waals surface area (Å²) in [5.74, 6) is 0.686. The maximum atomic E-state index is 12.3. The molecule has 1 atom stereocenters. The summed E-state index contributed by atoms with van der Waals surface area (Å²) < 4.78 is 0. The molecule has 0 aliphatic rings. The van der Waals surface area contributed by atoms with Crippen molar-refractivity contribution in [2.75, 3.05) is 0 Å². The molecule has 1 aromatic carbocycles. The van der Waals surface area contributed by atoms with Gasteiger partial charge in [0.05, 0.1) is 12.5 Å². The minimum absolute atomic E-state index is 0.109.